The monoisotopic (exact) mass is 387 g/mol. The number of fused-ring (bicyclic) bond motifs is 2. The first-order valence-electron chi connectivity index (χ1n) is 9.86. The number of aromatic nitrogens is 3. The number of nitrogens with zero attached hydrogens (tertiary/aromatic N) is 4. The fourth-order valence-electron chi connectivity index (χ4n) is 3.92. The lowest BCUT2D eigenvalue weighted by molar-refractivity contribution is 0.0773. The third kappa shape index (κ3) is 3.16. The molecule has 1 amide bonds. The van der Waals surface area contributed by atoms with E-state index in [0.717, 1.165) is 40.2 Å². The summed E-state index contributed by atoms with van der Waals surface area (Å²) in [5.41, 5.74) is 4.80. The van der Waals surface area contributed by atoms with E-state index < -0.39 is 0 Å². The van der Waals surface area contributed by atoms with Crippen LogP contribution in [-0.2, 0) is 13.1 Å². The molecule has 0 saturated carbocycles. The SMILES string of the molecule is BC(B)(B)N1Cc2nc(C)cc(Nc3ccc4cnn(CC)c4c3OC)c2C1=O. The zero-order valence-electron chi connectivity index (χ0n) is 17.8. The van der Waals surface area contributed by atoms with Crippen molar-refractivity contribution in [2.45, 2.75) is 32.2 Å². The van der Waals surface area contributed by atoms with Crippen LogP contribution in [0.3, 0.4) is 0 Å². The van der Waals surface area contributed by atoms with Crippen LogP contribution in [0.1, 0.15) is 28.7 Å². The van der Waals surface area contributed by atoms with E-state index in [1.165, 1.54) is 0 Å². The lowest BCUT2D eigenvalue weighted by Gasteiger charge is -2.32. The van der Waals surface area contributed by atoms with Gasteiger partial charge in [0, 0.05) is 17.6 Å². The fourth-order valence-corrected chi connectivity index (χ4v) is 3.92. The first-order valence-corrected chi connectivity index (χ1v) is 9.86. The van der Waals surface area contributed by atoms with Gasteiger partial charge in [0.2, 0.25) is 0 Å². The predicted octanol–water partition coefficient (Wildman–Crippen LogP) is -0.0218. The number of methoxy groups -OCH3 is 1. The Morgan fingerprint density at radius 2 is 2.03 bits per heavy atom. The Balaban J connectivity index is 1.82. The summed E-state index contributed by atoms with van der Waals surface area (Å²) in [5.74, 6) is 0.712. The Kier molecular flexibility index (Phi) is 4.60. The van der Waals surface area contributed by atoms with Gasteiger partial charge in [0.25, 0.3) is 5.91 Å². The van der Waals surface area contributed by atoms with Crippen LogP contribution in [0.15, 0.2) is 24.4 Å². The minimum atomic E-state index is -0.271. The third-order valence-corrected chi connectivity index (χ3v) is 5.33. The summed E-state index contributed by atoms with van der Waals surface area (Å²) >= 11 is 0. The number of nitrogens with one attached hydrogen (secondary N) is 1. The van der Waals surface area contributed by atoms with Gasteiger partial charge < -0.3 is 15.0 Å². The van der Waals surface area contributed by atoms with Crippen LogP contribution >= 0.6 is 0 Å². The summed E-state index contributed by atoms with van der Waals surface area (Å²) in [7, 11) is 7.78. The normalized spacial score (nSPS) is 13.8. The van der Waals surface area contributed by atoms with Crippen LogP contribution in [0, 0.1) is 6.92 Å². The topological polar surface area (TPSA) is 72.3 Å². The molecule has 0 aliphatic carbocycles. The Morgan fingerprint density at radius 3 is 2.69 bits per heavy atom. The van der Waals surface area contributed by atoms with Gasteiger partial charge >= 0.3 is 0 Å². The summed E-state index contributed by atoms with van der Waals surface area (Å²) in [5, 5.41) is 8.62. The van der Waals surface area contributed by atoms with Crippen LogP contribution in [0.5, 0.6) is 5.75 Å². The fraction of sp³-hybridized carbons (Fsp3) is 0.316. The second-order valence-electron chi connectivity index (χ2n) is 8.36. The summed E-state index contributed by atoms with van der Waals surface area (Å²) in [4.78, 5) is 19.7. The third-order valence-electron chi connectivity index (χ3n) is 5.33. The number of amides is 1. The van der Waals surface area contributed by atoms with E-state index in [0.29, 0.717) is 17.9 Å². The van der Waals surface area contributed by atoms with E-state index in [2.05, 4.69) is 15.4 Å². The van der Waals surface area contributed by atoms with Crippen molar-refractivity contribution < 1.29 is 9.53 Å². The summed E-state index contributed by atoms with van der Waals surface area (Å²) in [6.45, 7) is 5.26. The average molecular weight is 387 g/mol. The molecule has 0 fully saturated rings. The summed E-state index contributed by atoms with van der Waals surface area (Å²) < 4.78 is 7.66. The van der Waals surface area contributed by atoms with Crippen molar-refractivity contribution in [2.75, 3.05) is 12.4 Å². The van der Waals surface area contributed by atoms with Gasteiger partial charge in [-0.25, -0.2) is 0 Å². The molecular weight excluding hydrogens is 363 g/mol. The van der Waals surface area contributed by atoms with Gasteiger partial charge in [-0.05, 0) is 37.3 Å². The maximum absolute atomic E-state index is 13.2. The number of aryl methyl sites for hydroxylation is 2. The van der Waals surface area contributed by atoms with Crippen LogP contribution in [-0.4, -0.2) is 61.5 Å². The molecule has 1 N–H and O–H groups in total. The molecule has 0 bridgehead atoms. The second-order valence-corrected chi connectivity index (χ2v) is 8.36. The standard InChI is InChI=1S/C19H24B3N5O2/c1-4-27-16-11(8-23-27)5-6-12(17(16)29-3)25-13-7-10(2)24-14-9-26(19(20,21)22)18(28)15(13)14/h5-8H,4,9,20-22H2,1-3H3,(H,24,25). The maximum atomic E-state index is 13.2. The summed E-state index contributed by atoms with van der Waals surface area (Å²) in [6.07, 6.45) is 1.84. The number of anilines is 2. The highest BCUT2D eigenvalue weighted by Crippen LogP contribution is 2.38. The van der Waals surface area contributed by atoms with Gasteiger partial charge in [-0.3, -0.25) is 14.5 Å². The molecule has 3 aromatic rings. The molecule has 0 atom stereocenters. The van der Waals surface area contributed by atoms with Crippen molar-refractivity contribution in [1.82, 2.24) is 19.7 Å². The maximum Gasteiger partial charge on any atom is 0.256 e. The molecule has 1 aliphatic rings. The number of hydrogen-bond donors (Lipinski definition) is 1. The zero-order chi connectivity index (χ0) is 20.9. The lowest BCUT2D eigenvalue weighted by Crippen LogP contribution is -2.50. The number of rotatable bonds is 5. The molecule has 146 valence electrons. The molecule has 0 saturated heterocycles. The predicted molar refractivity (Wildman–Crippen MR) is 122 cm³/mol. The number of ether oxygens (including phenoxy) is 1. The number of hydrogen-bond acceptors (Lipinski definition) is 5. The Bertz CT molecular complexity index is 1120. The van der Waals surface area contributed by atoms with Crippen molar-refractivity contribution in [3.05, 3.63) is 41.3 Å². The second kappa shape index (κ2) is 6.86. The first-order chi connectivity index (χ1) is 13.7. The molecule has 0 spiro atoms. The Labute approximate surface area is 173 Å². The van der Waals surface area contributed by atoms with Gasteiger partial charge in [-0.1, -0.05) is 0 Å². The lowest BCUT2D eigenvalue weighted by atomic mass is 9.48. The van der Waals surface area contributed by atoms with Crippen molar-refractivity contribution in [1.29, 1.82) is 0 Å². The van der Waals surface area contributed by atoms with Gasteiger partial charge in [-0.2, -0.15) is 5.10 Å². The van der Waals surface area contributed by atoms with Crippen molar-refractivity contribution in [3.8, 4) is 5.75 Å². The molecule has 29 heavy (non-hydrogen) atoms. The van der Waals surface area contributed by atoms with E-state index in [1.807, 2.05) is 71.4 Å². The molecule has 1 aromatic carbocycles. The number of carbonyl (C=O) groups excluding carboxylic acids is 1. The van der Waals surface area contributed by atoms with E-state index in [4.69, 9.17) is 4.74 Å². The van der Waals surface area contributed by atoms with Crippen LogP contribution in [0.25, 0.3) is 10.9 Å². The molecule has 7 nitrogen and oxygen atoms in total. The molecule has 2 aromatic heterocycles. The van der Waals surface area contributed by atoms with Crippen LogP contribution in [0.4, 0.5) is 11.4 Å². The first kappa shape index (κ1) is 19.4. The number of pyridine rings is 1. The molecule has 4 rings (SSSR count). The average Bonchev–Trinajstić information content (AvgIpc) is 3.22. The molecule has 3 heterocycles. The van der Waals surface area contributed by atoms with E-state index in [1.54, 1.807) is 7.11 Å². The zero-order valence-corrected chi connectivity index (χ0v) is 17.8. The van der Waals surface area contributed by atoms with Crippen LogP contribution in [0.2, 0.25) is 0 Å². The van der Waals surface area contributed by atoms with E-state index >= 15 is 0 Å². The number of benzene rings is 1. The Morgan fingerprint density at radius 1 is 1.28 bits per heavy atom. The molecule has 1 aliphatic heterocycles. The minimum Gasteiger partial charge on any atom is -0.492 e. The molecule has 10 heteroatoms. The molecule has 0 unspecified atom stereocenters. The van der Waals surface area contributed by atoms with Crippen molar-refractivity contribution in [2.24, 2.45) is 0 Å². The quantitative estimate of drug-likeness (QED) is 0.624. The van der Waals surface area contributed by atoms with E-state index in [9.17, 15) is 4.79 Å². The molecular formula is C19H24B3N5O2. The minimum absolute atomic E-state index is 0.00106. The van der Waals surface area contributed by atoms with Crippen molar-refractivity contribution in [3.63, 3.8) is 0 Å². The van der Waals surface area contributed by atoms with Gasteiger partial charge in [-0.15, -0.1) is 0 Å². The smallest absolute Gasteiger partial charge is 0.256 e. The highest BCUT2D eigenvalue weighted by Gasteiger charge is 2.37. The van der Waals surface area contributed by atoms with Gasteiger partial charge in [0.05, 0.1) is 42.5 Å². The largest absolute Gasteiger partial charge is 0.492 e. The number of carbonyl (C=O) groups is 1. The van der Waals surface area contributed by atoms with Crippen LogP contribution < -0.4 is 10.1 Å². The highest BCUT2D eigenvalue weighted by atomic mass is 16.5. The van der Waals surface area contributed by atoms with E-state index in [-0.39, 0.29) is 11.1 Å². The Hall–Kier alpha value is -2.90. The van der Waals surface area contributed by atoms with Gasteiger partial charge in [0.1, 0.15) is 29.1 Å². The van der Waals surface area contributed by atoms with Gasteiger partial charge in [0.15, 0.2) is 5.75 Å². The highest BCUT2D eigenvalue weighted by molar-refractivity contribution is 6.60. The summed E-state index contributed by atoms with van der Waals surface area (Å²) in [6, 6.07) is 5.90. The van der Waals surface area contributed by atoms with Crippen molar-refractivity contribution >= 4 is 51.7 Å². The molecule has 0 radical (unpaired) electrons.